The van der Waals surface area contributed by atoms with Crippen molar-refractivity contribution in [3.63, 3.8) is 0 Å². The molecule has 6 nitrogen and oxygen atoms in total. The molecule has 0 aliphatic carbocycles. The van der Waals surface area contributed by atoms with Gasteiger partial charge in [0.05, 0.1) is 25.3 Å². The van der Waals surface area contributed by atoms with Gasteiger partial charge in [0.15, 0.2) is 5.78 Å². The van der Waals surface area contributed by atoms with Crippen molar-refractivity contribution >= 4 is 17.7 Å². The van der Waals surface area contributed by atoms with Crippen LogP contribution in [0.2, 0.25) is 0 Å². The third-order valence-electron chi connectivity index (χ3n) is 5.04. The van der Waals surface area contributed by atoms with Gasteiger partial charge in [-0.15, -0.1) is 0 Å². The van der Waals surface area contributed by atoms with Gasteiger partial charge < -0.3 is 14.8 Å². The van der Waals surface area contributed by atoms with Crippen molar-refractivity contribution in [1.82, 2.24) is 5.32 Å². The number of hydrogen-bond acceptors (Lipinski definition) is 6. The van der Waals surface area contributed by atoms with Crippen LogP contribution in [0.15, 0.2) is 60.7 Å². The van der Waals surface area contributed by atoms with Crippen LogP contribution in [0.3, 0.4) is 0 Å². The predicted octanol–water partition coefficient (Wildman–Crippen LogP) is 3.00. The molecule has 1 N–H and O–H groups in total. The van der Waals surface area contributed by atoms with E-state index in [1.165, 1.54) is 0 Å². The summed E-state index contributed by atoms with van der Waals surface area (Å²) in [6, 6.07) is 17.3. The minimum Gasteiger partial charge on any atom is -0.465 e. The van der Waals surface area contributed by atoms with Gasteiger partial charge in [0.1, 0.15) is 11.8 Å². The molecule has 1 fully saturated rings. The van der Waals surface area contributed by atoms with E-state index in [0.717, 1.165) is 11.1 Å². The number of piperidine rings is 1. The Bertz CT molecular complexity index is 783. The Morgan fingerprint density at radius 3 is 1.48 bits per heavy atom. The Balaban J connectivity index is 2.08. The molecule has 1 heterocycles. The zero-order valence-corrected chi connectivity index (χ0v) is 16.5. The van der Waals surface area contributed by atoms with Gasteiger partial charge in [-0.25, -0.2) is 0 Å². The topological polar surface area (TPSA) is 81.7 Å². The number of hydrogen-bond donors (Lipinski definition) is 1. The highest BCUT2D eigenvalue weighted by atomic mass is 16.5. The lowest BCUT2D eigenvalue weighted by molar-refractivity contribution is -0.162. The van der Waals surface area contributed by atoms with Crippen LogP contribution in [0, 0.1) is 11.8 Å². The summed E-state index contributed by atoms with van der Waals surface area (Å²) in [4.78, 5) is 38.9. The second kappa shape index (κ2) is 9.47. The van der Waals surface area contributed by atoms with E-state index in [-0.39, 0.29) is 13.2 Å². The average Bonchev–Trinajstić information content (AvgIpc) is 2.74. The molecule has 0 aromatic heterocycles. The van der Waals surface area contributed by atoms with Gasteiger partial charge in [-0.3, -0.25) is 14.4 Å². The second-order valence-electron chi connectivity index (χ2n) is 6.81. The summed E-state index contributed by atoms with van der Waals surface area (Å²) < 4.78 is 10.4. The maximum Gasteiger partial charge on any atom is 0.318 e. The van der Waals surface area contributed by atoms with Crippen molar-refractivity contribution in [2.24, 2.45) is 11.8 Å². The lowest BCUT2D eigenvalue weighted by Gasteiger charge is -2.39. The SMILES string of the molecule is CCOC(=O)[C@@H]1C(=O)[C@H](C(=O)OCC)[C@H](c2ccccc2)N[C@@H]1c1ccccc1. The van der Waals surface area contributed by atoms with Gasteiger partial charge in [0.2, 0.25) is 0 Å². The molecule has 0 amide bonds. The van der Waals surface area contributed by atoms with Gasteiger partial charge in [-0.2, -0.15) is 0 Å². The first kappa shape index (κ1) is 20.7. The molecule has 1 aliphatic heterocycles. The minimum absolute atomic E-state index is 0.149. The van der Waals surface area contributed by atoms with E-state index in [9.17, 15) is 14.4 Å². The summed E-state index contributed by atoms with van der Waals surface area (Å²) in [5, 5.41) is 3.37. The average molecular weight is 395 g/mol. The molecule has 0 unspecified atom stereocenters. The van der Waals surface area contributed by atoms with Gasteiger partial charge >= 0.3 is 11.9 Å². The third-order valence-corrected chi connectivity index (χ3v) is 5.04. The standard InChI is InChI=1S/C23H25NO5/c1-3-28-22(26)17-19(15-11-7-5-8-12-15)24-20(16-13-9-6-10-14-16)18(21(17)25)23(27)29-4-2/h5-14,17-20,24H,3-4H2,1-2H3/t17-,18+,19+,20-. The smallest absolute Gasteiger partial charge is 0.318 e. The van der Waals surface area contributed by atoms with Crippen molar-refractivity contribution < 1.29 is 23.9 Å². The number of carbonyl (C=O) groups excluding carboxylic acids is 3. The van der Waals surface area contributed by atoms with Gasteiger partial charge in [0, 0.05) is 0 Å². The van der Waals surface area contributed by atoms with Crippen molar-refractivity contribution in [2.45, 2.75) is 25.9 Å². The first-order chi connectivity index (χ1) is 14.1. The molecule has 0 radical (unpaired) electrons. The summed E-state index contributed by atoms with van der Waals surface area (Å²) in [6.45, 7) is 3.67. The van der Waals surface area contributed by atoms with Gasteiger partial charge in [0.25, 0.3) is 0 Å². The summed E-state index contributed by atoms with van der Waals surface area (Å²) >= 11 is 0. The Hall–Kier alpha value is -2.99. The molecule has 1 aliphatic rings. The number of carbonyl (C=O) groups is 3. The fourth-order valence-electron chi connectivity index (χ4n) is 3.77. The maximum absolute atomic E-state index is 13.5. The van der Waals surface area contributed by atoms with E-state index in [1.807, 2.05) is 60.7 Å². The molecule has 3 rings (SSSR count). The third kappa shape index (κ3) is 4.38. The molecule has 0 spiro atoms. The molecule has 1 saturated heterocycles. The van der Waals surface area contributed by atoms with Gasteiger partial charge in [-0.05, 0) is 25.0 Å². The quantitative estimate of drug-likeness (QED) is 0.598. The molecule has 0 saturated carbocycles. The molecule has 29 heavy (non-hydrogen) atoms. The lowest BCUT2D eigenvalue weighted by atomic mass is 9.74. The fourth-order valence-corrected chi connectivity index (χ4v) is 3.77. The molecule has 152 valence electrons. The molecule has 2 aromatic carbocycles. The Morgan fingerprint density at radius 2 is 1.14 bits per heavy atom. The highest BCUT2D eigenvalue weighted by Crippen LogP contribution is 2.39. The monoisotopic (exact) mass is 395 g/mol. The Labute approximate surface area is 170 Å². The van der Waals surface area contributed by atoms with Crippen LogP contribution in [-0.2, 0) is 23.9 Å². The van der Waals surface area contributed by atoms with Crippen molar-refractivity contribution in [2.75, 3.05) is 13.2 Å². The number of ketones is 1. The van der Waals surface area contributed by atoms with E-state index >= 15 is 0 Å². The van der Waals surface area contributed by atoms with Crippen LogP contribution in [-0.4, -0.2) is 30.9 Å². The van der Waals surface area contributed by atoms with Crippen LogP contribution in [0.4, 0.5) is 0 Å². The van der Waals surface area contributed by atoms with Crippen LogP contribution < -0.4 is 5.32 Å². The van der Waals surface area contributed by atoms with Crippen molar-refractivity contribution in [3.8, 4) is 0 Å². The largest absolute Gasteiger partial charge is 0.465 e. The number of nitrogens with one attached hydrogen (secondary N) is 1. The summed E-state index contributed by atoms with van der Waals surface area (Å²) in [5.41, 5.74) is 1.56. The maximum atomic E-state index is 13.5. The van der Waals surface area contributed by atoms with E-state index in [0.29, 0.717) is 0 Å². The normalized spacial score (nSPS) is 24.0. The molecule has 0 bridgehead atoms. The molecule has 2 aromatic rings. The molecular formula is C23H25NO5. The highest BCUT2D eigenvalue weighted by molar-refractivity contribution is 6.10. The van der Waals surface area contributed by atoms with Crippen LogP contribution >= 0.6 is 0 Å². The first-order valence-corrected chi connectivity index (χ1v) is 9.81. The predicted molar refractivity (Wildman–Crippen MR) is 107 cm³/mol. The van der Waals surface area contributed by atoms with Crippen molar-refractivity contribution in [1.29, 1.82) is 0 Å². The summed E-state index contributed by atoms with van der Waals surface area (Å²) in [7, 11) is 0. The number of esters is 2. The van der Waals surface area contributed by atoms with Crippen molar-refractivity contribution in [3.05, 3.63) is 71.8 Å². The van der Waals surface area contributed by atoms with Crippen LogP contribution in [0.1, 0.15) is 37.1 Å². The Kier molecular flexibility index (Phi) is 6.77. The zero-order chi connectivity index (χ0) is 20.8. The number of Topliss-reactive ketones (excluding diaryl/α,β-unsaturated/α-hetero) is 1. The number of ether oxygens (including phenoxy) is 2. The number of rotatable bonds is 6. The second-order valence-corrected chi connectivity index (χ2v) is 6.81. The minimum atomic E-state index is -1.13. The first-order valence-electron chi connectivity index (χ1n) is 9.81. The molecule has 6 heteroatoms. The van der Waals surface area contributed by atoms with E-state index in [2.05, 4.69) is 5.32 Å². The number of benzene rings is 2. The Morgan fingerprint density at radius 1 is 0.759 bits per heavy atom. The van der Waals surface area contributed by atoms with E-state index < -0.39 is 41.6 Å². The van der Waals surface area contributed by atoms with E-state index in [4.69, 9.17) is 9.47 Å². The lowest BCUT2D eigenvalue weighted by Crippen LogP contribution is -2.54. The van der Waals surface area contributed by atoms with Crippen LogP contribution in [0.25, 0.3) is 0 Å². The highest BCUT2D eigenvalue weighted by Gasteiger charge is 2.52. The van der Waals surface area contributed by atoms with E-state index in [1.54, 1.807) is 13.8 Å². The fraction of sp³-hybridized carbons (Fsp3) is 0.348. The summed E-state index contributed by atoms with van der Waals surface area (Å²) in [6.07, 6.45) is 0. The molecular weight excluding hydrogens is 370 g/mol. The van der Waals surface area contributed by atoms with Gasteiger partial charge in [-0.1, -0.05) is 60.7 Å². The molecule has 4 atom stereocenters. The van der Waals surface area contributed by atoms with Crippen LogP contribution in [0.5, 0.6) is 0 Å². The zero-order valence-electron chi connectivity index (χ0n) is 16.5. The summed E-state index contributed by atoms with van der Waals surface area (Å²) in [5.74, 6) is -4.03.